The molecule has 3 aliphatic rings. The largest absolute Gasteiger partial charge is 0.573 e. The number of allylic oxidation sites excluding steroid dienone is 1. The van der Waals surface area contributed by atoms with Crippen LogP contribution < -0.4 is 14.8 Å². The molecule has 3 heterocycles. The van der Waals surface area contributed by atoms with Gasteiger partial charge in [-0.05, 0) is 49.8 Å². The molecule has 0 unspecified atom stereocenters. The average Bonchev–Trinajstić information content (AvgIpc) is 3.55. The fourth-order valence-corrected chi connectivity index (χ4v) is 6.09. The number of carboxylic acids is 1. The van der Waals surface area contributed by atoms with Crippen molar-refractivity contribution in [3.63, 3.8) is 0 Å². The molecule has 2 amide bonds. The van der Waals surface area contributed by atoms with Gasteiger partial charge >= 0.3 is 24.3 Å². The van der Waals surface area contributed by atoms with E-state index in [9.17, 15) is 32.7 Å². The molecule has 17 heteroatoms. The third-order valence-corrected chi connectivity index (χ3v) is 8.33. The number of benzene rings is 1. The smallest absolute Gasteiger partial charge is 0.480 e. The molecule has 1 aromatic carbocycles. The number of nitrogens with one attached hydrogen (secondary N) is 1. The molecular formula is C31H35F5N4O8. The van der Waals surface area contributed by atoms with Gasteiger partial charge < -0.3 is 34.3 Å². The zero-order valence-electron chi connectivity index (χ0n) is 26.5. The average molecular weight is 687 g/mol. The Balaban J connectivity index is 1.61. The first kappa shape index (κ1) is 35.0. The van der Waals surface area contributed by atoms with E-state index < -0.39 is 89.4 Å². The predicted molar refractivity (Wildman–Crippen MR) is 156 cm³/mol. The fourth-order valence-electron chi connectivity index (χ4n) is 6.09. The summed E-state index contributed by atoms with van der Waals surface area (Å²) in [6.45, 7) is 5.67. The van der Waals surface area contributed by atoms with Crippen LogP contribution in [0.4, 0.5) is 26.7 Å². The highest BCUT2D eigenvalue weighted by atomic mass is 19.4. The quantitative estimate of drug-likeness (QED) is 0.323. The van der Waals surface area contributed by atoms with E-state index >= 15 is 8.78 Å². The molecule has 1 saturated heterocycles. The zero-order valence-corrected chi connectivity index (χ0v) is 26.5. The van der Waals surface area contributed by atoms with Gasteiger partial charge in [-0.1, -0.05) is 26.8 Å². The van der Waals surface area contributed by atoms with Crippen molar-refractivity contribution >= 4 is 29.0 Å². The normalized spacial score (nSPS) is 29.1. The molecule has 0 spiro atoms. The fraction of sp³-hybridized carbons (Fsp3) is 0.581. The molecule has 2 aromatic rings. The molecule has 2 bridgehead atoms. The number of fused-ring (bicyclic) bond motifs is 5. The number of aromatic nitrogens is 2. The second kappa shape index (κ2) is 12.6. The van der Waals surface area contributed by atoms with Crippen molar-refractivity contribution in [3.05, 3.63) is 36.0 Å². The first-order chi connectivity index (χ1) is 22.2. The SMILES string of the molecule is CC(C)(C)[C@@H]1NC(=O)O[C@@H]2CCC[C@H]2OC/C=C\C(F)(F)c2nc3cc(OC(F)(F)F)ccc3nc2O[C@]2(C)C[C@@H](C(=O)O)N(C2)C1=O. The van der Waals surface area contributed by atoms with Gasteiger partial charge in [0.15, 0.2) is 5.69 Å². The number of ether oxygens (including phenoxy) is 4. The van der Waals surface area contributed by atoms with Crippen molar-refractivity contribution in [2.45, 2.75) is 95.6 Å². The molecule has 262 valence electrons. The van der Waals surface area contributed by atoms with E-state index in [1.54, 1.807) is 20.8 Å². The summed E-state index contributed by atoms with van der Waals surface area (Å²) in [5.74, 6) is -7.54. The molecule has 2 fully saturated rings. The van der Waals surface area contributed by atoms with E-state index in [1.165, 1.54) is 6.92 Å². The molecule has 5 rings (SSSR count). The van der Waals surface area contributed by atoms with Crippen molar-refractivity contribution in [1.29, 1.82) is 0 Å². The van der Waals surface area contributed by atoms with Crippen molar-refractivity contribution in [2.75, 3.05) is 13.2 Å². The molecule has 1 saturated carbocycles. The number of amides is 2. The molecule has 2 N–H and O–H groups in total. The van der Waals surface area contributed by atoms with E-state index in [-0.39, 0.29) is 24.1 Å². The third-order valence-electron chi connectivity index (χ3n) is 8.33. The second-order valence-electron chi connectivity index (χ2n) is 13.4. The number of rotatable bonds is 2. The van der Waals surface area contributed by atoms with Gasteiger partial charge in [0.2, 0.25) is 11.8 Å². The van der Waals surface area contributed by atoms with Crippen LogP contribution >= 0.6 is 0 Å². The van der Waals surface area contributed by atoms with Gasteiger partial charge in [-0.2, -0.15) is 8.78 Å². The highest BCUT2D eigenvalue weighted by molar-refractivity contribution is 5.90. The van der Waals surface area contributed by atoms with E-state index in [0.717, 1.165) is 29.2 Å². The highest BCUT2D eigenvalue weighted by Gasteiger charge is 2.52. The predicted octanol–water partition coefficient (Wildman–Crippen LogP) is 5.09. The highest BCUT2D eigenvalue weighted by Crippen LogP contribution is 2.40. The third kappa shape index (κ3) is 7.71. The molecule has 5 atom stereocenters. The van der Waals surface area contributed by atoms with Gasteiger partial charge in [0, 0.05) is 12.5 Å². The summed E-state index contributed by atoms with van der Waals surface area (Å²) in [4.78, 5) is 48.5. The number of nitrogens with zero attached hydrogens (tertiary/aromatic N) is 3. The zero-order chi connectivity index (χ0) is 35.2. The Hall–Kier alpha value is -4.28. The number of halogens is 5. The Labute approximate surface area is 271 Å². The summed E-state index contributed by atoms with van der Waals surface area (Å²) in [6.07, 6.45) is -4.74. The molecule has 1 aliphatic carbocycles. The number of hydrogen-bond donors (Lipinski definition) is 2. The van der Waals surface area contributed by atoms with Crippen molar-refractivity contribution in [1.82, 2.24) is 20.2 Å². The molecule has 12 nitrogen and oxygen atoms in total. The second-order valence-corrected chi connectivity index (χ2v) is 13.4. The Morgan fingerprint density at radius 3 is 2.48 bits per heavy atom. The number of aliphatic carboxylic acids is 1. The molecule has 48 heavy (non-hydrogen) atoms. The van der Waals surface area contributed by atoms with Gasteiger partial charge in [0.1, 0.15) is 29.5 Å². The van der Waals surface area contributed by atoms with Crippen molar-refractivity contribution in [2.24, 2.45) is 5.41 Å². The minimum absolute atomic E-state index is 0.124. The van der Waals surface area contributed by atoms with Gasteiger partial charge in [-0.25, -0.2) is 19.6 Å². The van der Waals surface area contributed by atoms with Crippen LogP contribution in [0, 0.1) is 5.41 Å². The number of alkyl carbamates (subject to hydrolysis) is 1. The number of alkyl halides is 5. The van der Waals surface area contributed by atoms with E-state index in [2.05, 4.69) is 20.0 Å². The van der Waals surface area contributed by atoms with Gasteiger partial charge in [-0.15, -0.1) is 13.2 Å². The summed E-state index contributed by atoms with van der Waals surface area (Å²) >= 11 is 0. The standard InChI is InChI=1S/C31H35F5N4O8/c1-28(2,3)23-25(41)40-15-29(4,14-19(40)26(42)43)48-24-22(37-18-13-16(47-31(34,35)36)9-10-17(18)38-24)30(32,33)11-6-12-45-20-7-5-8-21(20)46-27(44)39-23/h6,9-11,13,19-21,23H,5,7-8,12,14-15H2,1-4H3,(H,39,44)(H,42,43)/b11-6-/t19-,20+,21+,23+,29+/m0/s1. The minimum Gasteiger partial charge on any atom is -0.480 e. The first-order valence-corrected chi connectivity index (χ1v) is 15.2. The van der Waals surface area contributed by atoms with Crippen molar-refractivity contribution in [3.8, 4) is 11.6 Å². The van der Waals surface area contributed by atoms with Crippen LogP contribution in [-0.4, -0.2) is 87.4 Å². The van der Waals surface area contributed by atoms with Crippen molar-refractivity contribution < 1.29 is 60.4 Å². The number of hydrogen-bond acceptors (Lipinski definition) is 9. The monoisotopic (exact) mass is 686 g/mol. The maximum atomic E-state index is 15.9. The maximum Gasteiger partial charge on any atom is 0.573 e. The van der Waals surface area contributed by atoms with Crippen LogP contribution in [0.5, 0.6) is 11.6 Å². The lowest BCUT2D eigenvalue weighted by atomic mass is 9.85. The summed E-state index contributed by atoms with van der Waals surface area (Å²) in [7, 11) is 0. The van der Waals surface area contributed by atoms with Crippen LogP contribution in [0.3, 0.4) is 0 Å². The number of carbonyl (C=O) groups excluding carboxylic acids is 2. The summed E-state index contributed by atoms with van der Waals surface area (Å²) < 4.78 is 91.6. The summed E-state index contributed by atoms with van der Waals surface area (Å²) in [5.41, 5.74) is -4.11. The lowest BCUT2D eigenvalue weighted by molar-refractivity contribution is -0.274. The number of carbonyl (C=O) groups is 3. The summed E-state index contributed by atoms with van der Waals surface area (Å²) in [6, 6.07) is 0.0460. The molecule has 1 aromatic heterocycles. The van der Waals surface area contributed by atoms with Crippen LogP contribution in [0.15, 0.2) is 30.4 Å². The molecule has 2 aliphatic heterocycles. The van der Waals surface area contributed by atoms with Crippen LogP contribution in [0.2, 0.25) is 0 Å². The lowest BCUT2D eigenvalue weighted by Crippen LogP contribution is -2.57. The van der Waals surface area contributed by atoms with Crippen LogP contribution in [0.25, 0.3) is 11.0 Å². The molecular weight excluding hydrogens is 651 g/mol. The first-order valence-electron chi connectivity index (χ1n) is 15.2. The lowest BCUT2D eigenvalue weighted by Gasteiger charge is -2.35. The summed E-state index contributed by atoms with van der Waals surface area (Å²) in [5, 5.41) is 12.7. The Bertz CT molecular complexity index is 1610. The number of carboxylic acid groups (broad SMARTS) is 1. The van der Waals surface area contributed by atoms with E-state index in [1.807, 2.05) is 0 Å². The topological polar surface area (TPSA) is 149 Å². The Morgan fingerprint density at radius 1 is 1.10 bits per heavy atom. The maximum absolute atomic E-state index is 15.9. The van der Waals surface area contributed by atoms with Crippen LogP contribution in [-0.2, 0) is 25.0 Å². The van der Waals surface area contributed by atoms with Gasteiger partial charge in [0.25, 0.3) is 0 Å². The van der Waals surface area contributed by atoms with Gasteiger partial charge in [0.05, 0.1) is 30.3 Å². The van der Waals surface area contributed by atoms with Gasteiger partial charge in [-0.3, -0.25) is 4.79 Å². The minimum atomic E-state index is -5.06. The Kier molecular flexibility index (Phi) is 9.22. The molecule has 0 radical (unpaired) electrons. The Morgan fingerprint density at radius 2 is 1.81 bits per heavy atom. The van der Waals surface area contributed by atoms with Crippen LogP contribution in [0.1, 0.15) is 59.1 Å². The van der Waals surface area contributed by atoms with E-state index in [4.69, 9.17) is 14.2 Å². The van der Waals surface area contributed by atoms with E-state index in [0.29, 0.717) is 25.3 Å².